The molecule has 26 heteroatoms. The van der Waals surface area contributed by atoms with Crippen LogP contribution in [0.25, 0.3) is 32.4 Å². The number of anilines is 3. The molecule has 460 valence electrons. The lowest BCUT2D eigenvalue weighted by Crippen LogP contribution is -2.18. The summed E-state index contributed by atoms with van der Waals surface area (Å²) in [7, 11) is 7.32. The number of alkyl halides is 1. The van der Waals surface area contributed by atoms with Crippen molar-refractivity contribution in [1.82, 2.24) is 39.9 Å². The number of thiophene rings is 1. The van der Waals surface area contributed by atoms with Crippen LogP contribution >= 0.6 is 73.5 Å². The Hall–Kier alpha value is -6.25. The van der Waals surface area contributed by atoms with Crippen LogP contribution in [0.3, 0.4) is 0 Å². The molecule has 4 N–H and O–H groups in total. The summed E-state index contributed by atoms with van der Waals surface area (Å²) < 4.78 is 31.1. The maximum atomic E-state index is 11.8. The van der Waals surface area contributed by atoms with Gasteiger partial charge in [0.05, 0.1) is 36.4 Å². The van der Waals surface area contributed by atoms with E-state index in [1.54, 1.807) is 28.1 Å². The molecule has 0 spiro atoms. The Kier molecular flexibility index (Phi) is 24.7. The third-order valence-corrected chi connectivity index (χ3v) is 16.1. The van der Waals surface area contributed by atoms with Crippen molar-refractivity contribution >= 4 is 129 Å². The van der Waals surface area contributed by atoms with Gasteiger partial charge in [0.1, 0.15) is 67.5 Å². The number of aromatic nitrogens is 8. The lowest BCUT2D eigenvalue weighted by Gasteiger charge is -2.21. The quantitative estimate of drug-likeness (QED) is 0.0709. The number of ether oxygens (including phenoxy) is 2. The molecule has 7 aromatic heterocycles. The maximum absolute atomic E-state index is 11.8. The van der Waals surface area contributed by atoms with Crippen molar-refractivity contribution in [2.24, 2.45) is 0 Å². The van der Waals surface area contributed by atoms with E-state index in [0.717, 1.165) is 132 Å². The second kappa shape index (κ2) is 31.6. The first-order valence-corrected chi connectivity index (χ1v) is 34.2. The minimum absolute atomic E-state index is 0.0654. The van der Waals surface area contributed by atoms with Crippen LogP contribution in [0.15, 0.2) is 73.0 Å². The number of nitrogens with one attached hydrogen (secondary N) is 3. The average molecular weight is 1320 g/mol. The molecule has 13 rings (SSSR count). The van der Waals surface area contributed by atoms with E-state index in [2.05, 4.69) is 93.0 Å². The number of hydrogen-bond acceptors (Lipinski definition) is 18. The van der Waals surface area contributed by atoms with Crippen molar-refractivity contribution in [1.29, 1.82) is 0 Å². The summed E-state index contributed by atoms with van der Waals surface area (Å²) in [4.78, 5) is 68.5. The second-order valence-electron chi connectivity index (χ2n) is 20.5. The fourth-order valence-corrected chi connectivity index (χ4v) is 12.0. The number of ketones is 1. The molecular formula is C60H70Cl5N10O9PS. The molecule has 1 saturated carbocycles. The number of furan rings is 2. The molecule has 0 radical (unpaired) electrons. The highest BCUT2D eigenvalue weighted by Gasteiger charge is 2.25. The molecular weight excluding hydrogens is 1250 g/mol. The molecule has 0 amide bonds. The standard InChI is InChI=1S/C19H21N3OS.C11H11ClN2O.C11H12N2O2.C8H11NO.C6H9ClO.C5H6N2O2.Cl3OP/c1-12-20-18(22(2)13-8-10-14(23-3)11-9-13)17-15-6-4-5-7-16(15)24-19(17)21-12;1-6-13-10(12)9-7-4-2-3-5-8(7)15-11(9)14-6;1-6-12-10(14)9-7-4-2-3-5-8(7)15-11(9)13-6;1-9-7-3-5-8(10-2)6-4-7;7-5-3-1-2-4-6(5)8;1-3-6-4(8)2-5(9)7-3;1-5(2,3)4/h8-11H,4-7H2,1-3H3;2-5H2,1H3;2-5H2,1H3,(H,12,13,14);3-6,9H,1-2H3;5H,1-4H2;2H,1H3,(H2,6,7,8,9);. The summed E-state index contributed by atoms with van der Waals surface area (Å²) >= 11 is 27.4. The summed E-state index contributed by atoms with van der Waals surface area (Å²) in [5, 5.41) is 11.7. The summed E-state index contributed by atoms with van der Waals surface area (Å²) in [6, 6.07) is 16.9. The molecule has 2 aromatic carbocycles. The van der Waals surface area contributed by atoms with E-state index in [4.69, 9.17) is 56.6 Å². The molecule has 1 unspecified atom stereocenters. The number of halogens is 5. The molecule has 86 heavy (non-hydrogen) atoms. The van der Waals surface area contributed by atoms with E-state index in [1.807, 2.05) is 68.6 Å². The van der Waals surface area contributed by atoms with E-state index in [9.17, 15) is 18.9 Å². The predicted octanol–water partition coefficient (Wildman–Crippen LogP) is 15.5. The van der Waals surface area contributed by atoms with Gasteiger partial charge in [-0.05, 0) is 193 Å². The average Bonchev–Trinajstić information content (AvgIpc) is 1.68. The Bertz CT molecular complexity index is 3870. The lowest BCUT2D eigenvalue weighted by atomic mass is 9.97. The molecule has 19 nitrogen and oxygen atoms in total. The maximum Gasteiger partial charge on any atom is 0.339 e. The van der Waals surface area contributed by atoms with Gasteiger partial charge in [-0.2, -0.15) is 9.97 Å². The van der Waals surface area contributed by atoms with Crippen LogP contribution in [0.2, 0.25) is 5.15 Å². The minimum atomic E-state index is -3.22. The summed E-state index contributed by atoms with van der Waals surface area (Å²) in [6.07, 6.45) is 17.2. The van der Waals surface area contributed by atoms with E-state index in [1.165, 1.54) is 53.5 Å². The number of hydrogen-bond donors (Lipinski definition) is 4. The number of H-pyrrole nitrogens is 2. The van der Waals surface area contributed by atoms with E-state index in [0.29, 0.717) is 45.9 Å². The molecule has 4 aliphatic carbocycles. The van der Waals surface area contributed by atoms with Crippen LogP contribution in [0.5, 0.6) is 17.4 Å². The van der Waals surface area contributed by atoms with Gasteiger partial charge in [0.2, 0.25) is 17.3 Å². The molecule has 1 atom stereocenters. The zero-order valence-electron chi connectivity index (χ0n) is 49.2. The molecule has 7 heterocycles. The SMILES string of the molecule is CNc1ccc(OC)cc1.COc1ccc(N(C)c2nc(C)nc3sc4c(c23)CCCC4)cc1.Cc1nc(Cl)c2c3c(oc2n1)CCCC3.Cc1nc(O)cc(=O)[nH]1.Cc1nc2oc3c(c2c(=O)[nH]1)CCCC3.O=C1CCCCC1Cl.O=P(Cl)(Cl)Cl. The molecule has 9 aromatic rings. The highest BCUT2D eigenvalue weighted by atomic mass is 36.0. The molecule has 0 bridgehead atoms. The Morgan fingerprint density at radius 1 is 0.663 bits per heavy atom. The van der Waals surface area contributed by atoms with Gasteiger partial charge in [0, 0.05) is 60.7 Å². The number of aromatic hydroxyl groups is 1. The number of aromatic amines is 2. The Labute approximate surface area is 526 Å². The van der Waals surface area contributed by atoms with Gasteiger partial charge in [-0.15, -0.1) is 22.9 Å². The third kappa shape index (κ3) is 18.9. The van der Waals surface area contributed by atoms with Gasteiger partial charge in [0.25, 0.3) is 11.1 Å². The van der Waals surface area contributed by atoms with Crippen LogP contribution in [-0.2, 0) is 47.9 Å². The van der Waals surface area contributed by atoms with Gasteiger partial charge in [0.15, 0.2) is 5.78 Å². The molecule has 1 fully saturated rings. The van der Waals surface area contributed by atoms with Crippen LogP contribution in [-0.4, -0.2) is 84.5 Å². The molecule has 0 aliphatic heterocycles. The van der Waals surface area contributed by atoms with Gasteiger partial charge in [-0.3, -0.25) is 18.9 Å². The number of carbonyl (C=O) groups is 1. The fourth-order valence-electron chi connectivity index (χ4n) is 10.2. The van der Waals surface area contributed by atoms with E-state index < -0.39 is 5.20 Å². The van der Waals surface area contributed by atoms with Crippen molar-refractivity contribution < 1.29 is 32.8 Å². The van der Waals surface area contributed by atoms with Crippen LogP contribution in [0, 0.1) is 27.7 Å². The number of methoxy groups -OCH3 is 2. The number of Topliss-reactive ketones (excluding diaryl/α,β-unsaturated/α-hetero) is 1. The number of aryl methyl sites for hydroxylation is 10. The van der Waals surface area contributed by atoms with Crippen LogP contribution in [0.1, 0.15) is 121 Å². The third-order valence-electron chi connectivity index (χ3n) is 14.2. The number of nitrogens with zero attached hydrogens (tertiary/aromatic N) is 7. The first-order chi connectivity index (χ1) is 41.0. The Morgan fingerprint density at radius 3 is 1.73 bits per heavy atom. The van der Waals surface area contributed by atoms with Crippen LogP contribution < -0.4 is 30.8 Å². The van der Waals surface area contributed by atoms with Crippen molar-refractivity contribution in [3.05, 3.63) is 137 Å². The number of rotatable bonds is 5. The summed E-state index contributed by atoms with van der Waals surface area (Å²) in [5.74, 6) is 7.30. The Balaban J connectivity index is 0.000000151. The number of carbonyl (C=O) groups excluding carboxylic acids is 1. The van der Waals surface area contributed by atoms with Crippen molar-refractivity contribution in [3.63, 3.8) is 0 Å². The predicted molar refractivity (Wildman–Crippen MR) is 346 cm³/mol. The van der Waals surface area contributed by atoms with Gasteiger partial charge < -0.3 is 43.6 Å². The monoisotopic (exact) mass is 1310 g/mol. The van der Waals surface area contributed by atoms with E-state index in [-0.39, 0.29) is 28.2 Å². The van der Waals surface area contributed by atoms with Gasteiger partial charge >= 0.3 is 5.20 Å². The highest BCUT2D eigenvalue weighted by Crippen LogP contribution is 2.61. The zero-order chi connectivity index (χ0) is 62.2. The summed E-state index contributed by atoms with van der Waals surface area (Å²) in [6.45, 7) is 7.17. The van der Waals surface area contributed by atoms with Crippen molar-refractivity contribution in [2.75, 3.05) is 38.5 Å². The van der Waals surface area contributed by atoms with E-state index >= 15 is 0 Å². The van der Waals surface area contributed by atoms with Crippen molar-refractivity contribution in [2.45, 2.75) is 136 Å². The minimum Gasteiger partial charge on any atom is -0.497 e. The zero-order valence-corrected chi connectivity index (χ0v) is 54.7. The second-order valence-corrected chi connectivity index (χ2v) is 29.1. The van der Waals surface area contributed by atoms with Crippen LogP contribution in [0.4, 0.5) is 17.2 Å². The van der Waals surface area contributed by atoms with Gasteiger partial charge in [-0.1, -0.05) is 18.0 Å². The molecule has 0 saturated heterocycles. The molecule has 4 aliphatic rings. The van der Waals surface area contributed by atoms with Crippen molar-refractivity contribution in [3.8, 4) is 17.4 Å². The summed E-state index contributed by atoms with van der Waals surface area (Å²) in [5.41, 5.74) is 6.72. The lowest BCUT2D eigenvalue weighted by molar-refractivity contribution is -0.119. The number of fused-ring (bicyclic) bond motifs is 9. The number of benzene rings is 2. The Morgan fingerprint density at radius 2 is 1.19 bits per heavy atom. The smallest absolute Gasteiger partial charge is 0.339 e. The largest absolute Gasteiger partial charge is 0.497 e. The first kappa shape index (κ1) is 67.3. The normalized spacial score (nSPS) is 14.8. The topological polar surface area (TPSA) is 257 Å². The first-order valence-electron chi connectivity index (χ1n) is 28.1. The fraction of sp³-hybridized carbons (Fsp3) is 0.417. The van der Waals surface area contributed by atoms with Gasteiger partial charge in [-0.25, -0.2) is 19.9 Å². The highest BCUT2D eigenvalue weighted by molar-refractivity contribution is 8.24.